The van der Waals surface area contributed by atoms with Crippen LogP contribution in [0, 0.1) is 0 Å². The highest BCUT2D eigenvalue weighted by Crippen LogP contribution is 2.06. The zero-order chi connectivity index (χ0) is 8.97. The smallest absolute Gasteiger partial charge is 0.0664 e. The third-order valence-corrected chi connectivity index (χ3v) is 2.58. The Hall–Kier alpha value is -0.120. The van der Waals surface area contributed by atoms with E-state index in [1.807, 2.05) is 6.92 Å². The molecule has 0 spiro atoms. The van der Waals surface area contributed by atoms with Crippen LogP contribution in [0.1, 0.15) is 20.3 Å². The fourth-order valence-electron chi connectivity index (χ4n) is 1.52. The number of aliphatic hydroxyl groups excluding tert-OH is 1. The van der Waals surface area contributed by atoms with Crippen LogP contribution in [0.15, 0.2) is 0 Å². The van der Waals surface area contributed by atoms with Gasteiger partial charge in [0.1, 0.15) is 0 Å². The minimum absolute atomic E-state index is 0.233. The average Bonchev–Trinajstić information content (AvgIpc) is 2.30. The second-order valence-electron chi connectivity index (χ2n) is 3.54. The van der Waals surface area contributed by atoms with Gasteiger partial charge in [-0.05, 0) is 26.8 Å². The highest BCUT2D eigenvalue weighted by atomic mass is 16.3. The van der Waals surface area contributed by atoms with Gasteiger partial charge in [0, 0.05) is 25.7 Å². The van der Waals surface area contributed by atoms with Crippen molar-refractivity contribution in [1.29, 1.82) is 0 Å². The van der Waals surface area contributed by atoms with Crippen LogP contribution in [-0.4, -0.2) is 48.3 Å². The van der Waals surface area contributed by atoms with Crippen LogP contribution >= 0.6 is 0 Å². The van der Waals surface area contributed by atoms with Crippen LogP contribution in [0.4, 0.5) is 0 Å². The average molecular weight is 171 g/mol. The topological polar surface area (TPSA) is 37.6 Å². The van der Waals surface area contributed by atoms with Crippen molar-refractivity contribution >= 4 is 0 Å². The van der Waals surface area contributed by atoms with Gasteiger partial charge < -0.3 is 5.11 Å². The van der Waals surface area contributed by atoms with Crippen LogP contribution in [0.25, 0.3) is 0 Å². The predicted octanol–water partition coefficient (Wildman–Crippen LogP) is 0.0658. The molecular formula is C9H19N2O. The van der Waals surface area contributed by atoms with Gasteiger partial charge in [0.05, 0.1) is 6.10 Å². The molecule has 1 radical (unpaired) electrons. The molecule has 71 valence electrons. The Morgan fingerprint density at radius 2 is 2.00 bits per heavy atom. The first kappa shape index (κ1) is 9.96. The zero-order valence-corrected chi connectivity index (χ0v) is 8.03. The van der Waals surface area contributed by atoms with Gasteiger partial charge >= 0.3 is 0 Å². The molecule has 12 heavy (non-hydrogen) atoms. The van der Waals surface area contributed by atoms with Gasteiger partial charge in [-0.25, -0.2) is 5.32 Å². The Labute approximate surface area is 74.8 Å². The molecule has 1 saturated heterocycles. The quantitative estimate of drug-likeness (QED) is 0.638. The van der Waals surface area contributed by atoms with Crippen molar-refractivity contribution in [3.8, 4) is 0 Å². The van der Waals surface area contributed by atoms with Crippen molar-refractivity contribution in [3.63, 3.8) is 0 Å². The molecule has 1 aliphatic rings. The number of hydrogen-bond donors (Lipinski definition) is 1. The lowest BCUT2D eigenvalue weighted by molar-refractivity contribution is 0.0748. The van der Waals surface area contributed by atoms with E-state index in [1.54, 1.807) is 0 Å². The number of hydrogen-bond acceptors (Lipinski definition) is 2. The van der Waals surface area contributed by atoms with Crippen LogP contribution < -0.4 is 5.32 Å². The molecule has 3 nitrogen and oxygen atoms in total. The van der Waals surface area contributed by atoms with Gasteiger partial charge in [0.2, 0.25) is 0 Å². The molecule has 0 amide bonds. The van der Waals surface area contributed by atoms with E-state index in [2.05, 4.69) is 17.1 Å². The van der Waals surface area contributed by atoms with E-state index >= 15 is 0 Å². The van der Waals surface area contributed by atoms with Crippen LogP contribution in [0.5, 0.6) is 0 Å². The van der Waals surface area contributed by atoms with E-state index in [1.165, 1.54) is 0 Å². The third kappa shape index (κ3) is 2.73. The second kappa shape index (κ2) is 4.80. The summed E-state index contributed by atoms with van der Waals surface area (Å²) in [5, 5.41) is 13.7. The summed E-state index contributed by atoms with van der Waals surface area (Å²) in [6, 6.07) is 0.276. The Kier molecular flexibility index (Phi) is 3.98. The fraction of sp³-hybridized carbons (Fsp3) is 1.00. The van der Waals surface area contributed by atoms with Gasteiger partial charge in [0.15, 0.2) is 0 Å². The maximum absolute atomic E-state index is 9.39. The molecule has 1 N–H and O–H groups in total. The SMILES string of the molecule is CC(O)C(C)N1CCC[N]CC1. The van der Waals surface area contributed by atoms with Gasteiger partial charge in [-0.1, -0.05) is 0 Å². The largest absolute Gasteiger partial charge is 0.392 e. The predicted molar refractivity (Wildman–Crippen MR) is 49.2 cm³/mol. The van der Waals surface area contributed by atoms with Gasteiger partial charge in [-0.15, -0.1) is 0 Å². The molecule has 2 atom stereocenters. The molecule has 0 saturated carbocycles. The monoisotopic (exact) mass is 171 g/mol. The van der Waals surface area contributed by atoms with E-state index in [0.29, 0.717) is 0 Å². The lowest BCUT2D eigenvalue weighted by Gasteiger charge is -2.29. The Bertz CT molecular complexity index is 120. The van der Waals surface area contributed by atoms with Gasteiger partial charge in [0.25, 0.3) is 0 Å². The van der Waals surface area contributed by atoms with Crippen molar-refractivity contribution in [2.24, 2.45) is 0 Å². The molecule has 1 rings (SSSR count). The first-order valence-electron chi connectivity index (χ1n) is 4.77. The summed E-state index contributed by atoms with van der Waals surface area (Å²) >= 11 is 0. The minimum Gasteiger partial charge on any atom is -0.392 e. The molecule has 3 heteroatoms. The normalized spacial score (nSPS) is 26.2. The molecule has 1 aliphatic heterocycles. The highest BCUT2D eigenvalue weighted by molar-refractivity contribution is 4.74. The van der Waals surface area contributed by atoms with Crippen molar-refractivity contribution in [2.75, 3.05) is 26.2 Å². The van der Waals surface area contributed by atoms with Crippen LogP contribution in [0.2, 0.25) is 0 Å². The molecule has 0 bridgehead atoms. The lowest BCUT2D eigenvalue weighted by Crippen LogP contribution is -2.41. The number of rotatable bonds is 2. The summed E-state index contributed by atoms with van der Waals surface area (Å²) < 4.78 is 0. The summed E-state index contributed by atoms with van der Waals surface area (Å²) in [7, 11) is 0. The summed E-state index contributed by atoms with van der Waals surface area (Å²) in [5.74, 6) is 0. The zero-order valence-electron chi connectivity index (χ0n) is 8.03. The lowest BCUT2D eigenvalue weighted by atomic mass is 10.2. The highest BCUT2D eigenvalue weighted by Gasteiger charge is 2.18. The minimum atomic E-state index is -0.233. The first-order chi connectivity index (χ1) is 5.72. The van der Waals surface area contributed by atoms with E-state index in [9.17, 15) is 5.11 Å². The van der Waals surface area contributed by atoms with Crippen LogP contribution in [0.3, 0.4) is 0 Å². The number of nitrogens with zero attached hydrogens (tertiary/aromatic N) is 2. The molecule has 0 aromatic carbocycles. The van der Waals surface area contributed by atoms with E-state index in [0.717, 1.165) is 32.6 Å². The van der Waals surface area contributed by atoms with Gasteiger partial charge in [-0.2, -0.15) is 0 Å². The van der Waals surface area contributed by atoms with Gasteiger partial charge in [-0.3, -0.25) is 4.90 Å². The van der Waals surface area contributed by atoms with E-state index in [-0.39, 0.29) is 12.1 Å². The molecule has 1 fully saturated rings. The summed E-state index contributed by atoms with van der Waals surface area (Å²) in [5.41, 5.74) is 0. The summed E-state index contributed by atoms with van der Waals surface area (Å²) in [6.07, 6.45) is 0.903. The molecule has 2 unspecified atom stereocenters. The van der Waals surface area contributed by atoms with E-state index in [4.69, 9.17) is 0 Å². The fourth-order valence-corrected chi connectivity index (χ4v) is 1.52. The molecule has 0 aliphatic carbocycles. The molecule has 0 aromatic heterocycles. The first-order valence-corrected chi connectivity index (χ1v) is 4.77. The molecule has 1 heterocycles. The standard InChI is InChI=1S/C9H19N2O/c1-8(9(2)12)11-6-3-4-10-5-7-11/h8-9,12H,3-7H2,1-2H3. The molecule has 0 aromatic rings. The molecular weight excluding hydrogens is 152 g/mol. The Morgan fingerprint density at radius 1 is 1.25 bits per heavy atom. The second-order valence-corrected chi connectivity index (χ2v) is 3.54. The van der Waals surface area contributed by atoms with Crippen molar-refractivity contribution in [2.45, 2.75) is 32.4 Å². The van der Waals surface area contributed by atoms with Crippen molar-refractivity contribution in [1.82, 2.24) is 10.2 Å². The maximum atomic E-state index is 9.39. The summed E-state index contributed by atoms with van der Waals surface area (Å²) in [6.45, 7) is 7.93. The van der Waals surface area contributed by atoms with Crippen molar-refractivity contribution < 1.29 is 5.11 Å². The Balaban J connectivity index is 2.37. The summed E-state index contributed by atoms with van der Waals surface area (Å²) in [4.78, 5) is 2.32. The van der Waals surface area contributed by atoms with Crippen LogP contribution in [-0.2, 0) is 0 Å². The van der Waals surface area contributed by atoms with Crippen molar-refractivity contribution in [3.05, 3.63) is 0 Å². The Morgan fingerprint density at radius 3 is 2.67 bits per heavy atom. The van der Waals surface area contributed by atoms with E-state index < -0.39 is 0 Å². The maximum Gasteiger partial charge on any atom is 0.0664 e. The third-order valence-electron chi connectivity index (χ3n) is 2.58. The number of aliphatic hydroxyl groups is 1.